The standard InChI is InChI=1S/C14H21NOSi/c1-14(15,12-8-6-5-7-9-12)13(16)10-11-17(2,3)4/h5-9,13,16H,15H2,1-4H3/t13-,14+/m0/s1. The van der Waals surface area contributed by atoms with Crippen LogP contribution in [0.15, 0.2) is 30.3 Å². The van der Waals surface area contributed by atoms with Crippen molar-refractivity contribution in [3.63, 3.8) is 0 Å². The molecule has 1 aromatic carbocycles. The van der Waals surface area contributed by atoms with Gasteiger partial charge in [0, 0.05) is 0 Å². The molecule has 0 bridgehead atoms. The molecule has 0 aliphatic heterocycles. The summed E-state index contributed by atoms with van der Waals surface area (Å²) in [6.07, 6.45) is -0.836. The maximum absolute atomic E-state index is 10.1. The summed E-state index contributed by atoms with van der Waals surface area (Å²) < 4.78 is 0. The molecular weight excluding hydrogens is 226 g/mol. The summed E-state index contributed by atoms with van der Waals surface area (Å²) in [6.45, 7) is 8.24. The van der Waals surface area contributed by atoms with Crippen molar-refractivity contribution in [3.8, 4) is 11.5 Å². The van der Waals surface area contributed by atoms with Gasteiger partial charge in [0.25, 0.3) is 0 Å². The number of aliphatic hydroxyl groups excluding tert-OH is 1. The average molecular weight is 247 g/mol. The molecular formula is C14H21NOSi. The first-order valence-electron chi connectivity index (χ1n) is 5.78. The van der Waals surface area contributed by atoms with E-state index in [2.05, 4.69) is 31.1 Å². The van der Waals surface area contributed by atoms with Crippen molar-refractivity contribution < 1.29 is 5.11 Å². The van der Waals surface area contributed by atoms with Gasteiger partial charge in [-0.1, -0.05) is 55.9 Å². The number of rotatable bonds is 2. The zero-order valence-electron chi connectivity index (χ0n) is 11.0. The molecule has 0 aliphatic carbocycles. The number of benzene rings is 1. The van der Waals surface area contributed by atoms with Crippen LogP contribution in [0, 0.1) is 11.5 Å². The van der Waals surface area contributed by atoms with E-state index in [-0.39, 0.29) is 0 Å². The maximum atomic E-state index is 10.1. The van der Waals surface area contributed by atoms with Crippen molar-refractivity contribution >= 4 is 8.07 Å². The molecule has 0 spiro atoms. The Balaban J connectivity index is 2.94. The topological polar surface area (TPSA) is 46.2 Å². The summed E-state index contributed by atoms with van der Waals surface area (Å²) >= 11 is 0. The highest BCUT2D eigenvalue weighted by molar-refractivity contribution is 6.83. The molecule has 0 heterocycles. The van der Waals surface area contributed by atoms with Crippen molar-refractivity contribution in [1.29, 1.82) is 0 Å². The summed E-state index contributed by atoms with van der Waals surface area (Å²) in [5.41, 5.74) is 9.41. The van der Waals surface area contributed by atoms with Crippen LogP contribution in [0.25, 0.3) is 0 Å². The Hall–Kier alpha value is -1.08. The maximum Gasteiger partial charge on any atom is 0.135 e. The molecule has 17 heavy (non-hydrogen) atoms. The molecule has 0 aromatic heterocycles. The molecule has 1 rings (SSSR count). The smallest absolute Gasteiger partial charge is 0.135 e. The van der Waals surface area contributed by atoms with Crippen molar-refractivity contribution in [2.24, 2.45) is 5.73 Å². The van der Waals surface area contributed by atoms with Gasteiger partial charge in [-0.05, 0) is 12.5 Å². The van der Waals surface area contributed by atoms with Crippen LogP contribution in [0.1, 0.15) is 12.5 Å². The van der Waals surface area contributed by atoms with Gasteiger partial charge in [0.1, 0.15) is 14.2 Å². The lowest BCUT2D eigenvalue weighted by atomic mass is 9.88. The van der Waals surface area contributed by atoms with Crippen LogP contribution >= 0.6 is 0 Å². The lowest BCUT2D eigenvalue weighted by molar-refractivity contribution is 0.146. The molecule has 0 saturated heterocycles. The second-order valence-corrected chi connectivity index (χ2v) is 10.3. The Labute approximate surface area is 105 Å². The third-order valence-corrected chi connectivity index (χ3v) is 3.44. The molecule has 0 radical (unpaired) electrons. The third kappa shape index (κ3) is 4.01. The monoisotopic (exact) mass is 247 g/mol. The summed E-state index contributed by atoms with van der Waals surface area (Å²) in [7, 11) is -1.48. The fourth-order valence-electron chi connectivity index (χ4n) is 1.39. The van der Waals surface area contributed by atoms with Crippen LogP contribution in [0.4, 0.5) is 0 Å². The van der Waals surface area contributed by atoms with Gasteiger partial charge in [-0.3, -0.25) is 0 Å². The number of hydrogen-bond donors (Lipinski definition) is 2. The van der Waals surface area contributed by atoms with E-state index in [9.17, 15) is 5.11 Å². The van der Waals surface area contributed by atoms with Crippen molar-refractivity contribution in [2.75, 3.05) is 0 Å². The molecule has 0 unspecified atom stereocenters. The summed E-state index contributed by atoms with van der Waals surface area (Å²) in [5, 5.41) is 10.1. The molecule has 92 valence electrons. The van der Waals surface area contributed by atoms with Crippen LogP contribution in [0.3, 0.4) is 0 Å². The van der Waals surface area contributed by atoms with E-state index in [0.29, 0.717) is 0 Å². The van der Waals surface area contributed by atoms with E-state index >= 15 is 0 Å². The van der Waals surface area contributed by atoms with Crippen LogP contribution in [-0.2, 0) is 5.54 Å². The number of aliphatic hydroxyl groups is 1. The van der Waals surface area contributed by atoms with Crippen molar-refractivity contribution in [3.05, 3.63) is 35.9 Å². The Morgan fingerprint density at radius 1 is 1.24 bits per heavy atom. The highest BCUT2D eigenvalue weighted by Gasteiger charge is 2.29. The predicted molar refractivity (Wildman–Crippen MR) is 75.1 cm³/mol. The number of nitrogens with two attached hydrogens (primary N) is 1. The highest BCUT2D eigenvalue weighted by atomic mass is 28.3. The molecule has 3 N–H and O–H groups in total. The van der Waals surface area contributed by atoms with Crippen LogP contribution in [0.5, 0.6) is 0 Å². The van der Waals surface area contributed by atoms with Gasteiger partial charge >= 0.3 is 0 Å². The minimum Gasteiger partial charge on any atom is -0.378 e. The van der Waals surface area contributed by atoms with Crippen molar-refractivity contribution in [1.82, 2.24) is 0 Å². The van der Waals surface area contributed by atoms with Crippen LogP contribution in [-0.4, -0.2) is 19.3 Å². The van der Waals surface area contributed by atoms with E-state index in [4.69, 9.17) is 5.73 Å². The molecule has 0 aliphatic rings. The fourth-order valence-corrected chi connectivity index (χ4v) is 1.96. The van der Waals surface area contributed by atoms with Gasteiger partial charge in [0.05, 0.1) is 5.54 Å². The van der Waals surface area contributed by atoms with Crippen molar-refractivity contribution in [2.45, 2.75) is 38.2 Å². The minimum atomic E-state index is -1.48. The molecule has 0 fully saturated rings. The van der Waals surface area contributed by atoms with E-state index in [1.165, 1.54) is 0 Å². The Morgan fingerprint density at radius 3 is 2.24 bits per heavy atom. The van der Waals surface area contributed by atoms with E-state index in [1.807, 2.05) is 37.3 Å². The van der Waals surface area contributed by atoms with E-state index < -0.39 is 19.7 Å². The molecule has 0 saturated carbocycles. The minimum absolute atomic E-state index is 0.825. The van der Waals surface area contributed by atoms with Gasteiger partial charge in [-0.15, -0.1) is 5.54 Å². The van der Waals surface area contributed by atoms with E-state index in [0.717, 1.165) is 5.56 Å². The predicted octanol–water partition coefficient (Wildman–Crippen LogP) is 2.10. The van der Waals surface area contributed by atoms with Crippen LogP contribution < -0.4 is 5.73 Å². The lowest BCUT2D eigenvalue weighted by Gasteiger charge is -2.27. The third-order valence-electron chi connectivity index (χ3n) is 2.55. The zero-order valence-corrected chi connectivity index (χ0v) is 12.0. The van der Waals surface area contributed by atoms with Gasteiger partial charge in [0.15, 0.2) is 0 Å². The number of hydrogen-bond acceptors (Lipinski definition) is 2. The van der Waals surface area contributed by atoms with Gasteiger partial charge in [0.2, 0.25) is 0 Å². The lowest BCUT2D eigenvalue weighted by Crippen LogP contribution is -2.44. The summed E-state index contributed by atoms with van der Waals surface area (Å²) in [6, 6.07) is 9.59. The first-order chi connectivity index (χ1) is 7.73. The molecule has 2 nitrogen and oxygen atoms in total. The fraction of sp³-hybridized carbons (Fsp3) is 0.429. The molecule has 3 heteroatoms. The molecule has 1 aromatic rings. The zero-order chi connectivity index (χ0) is 13.1. The first-order valence-corrected chi connectivity index (χ1v) is 9.28. The second-order valence-electron chi connectivity index (χ2n) is 5.57. The SMILES string of the molecule is C[C@@](N)(c1ccccc1)[C@@H](O)C#C[Si](C)(C)C. The first kappa shape index (κ1) is 14.0. The van der Waals surface area contributed by atoms with Gasteiger partial charge in [-0.25, -0.2) is 0 Å². The normalized spacial score (nSPS) is 16.6. The van der Waals surface area contributed by atoms with E-state index in [1.54, 1.807) is 0 Å². The Bertz CT molecular complexity index is 423. The second kappa shape index (κ2) is 5.05. The summed E-state index contributed by atoms with van der Waals surface area (Å²) in [5.74, 6) is 2.90. The largest absolute Gasteiger partial charge is 0.378 e. The summed E-state index contributed by atoms with van der Waals surface area (Å²) in [4.78, 5) is 0. The highest BCUT2D eigenvalue weighted by Crippen LogP contribution is 2.21. The van der Waals surface area contributed by atoms with Gasteiger partial charge < -0.3 is 10.8 Å². The Morgan fingerprint density at radius 2 is 1.76 bits per heavy atom. The van der Waals surface area contributed by atoms with Crippen LogP contribution in [0.2, 0.25) is 19.6 Å². The quantitative estimate of drug-likeness (QED) is 0.621. The average Bonchev–Trinajstić information content (AvgIpc) is 2.26. The molecule has 2 atom stereocenters. The Kier molecular flexibility index (Phi) is 4.15. The van der Waals surface area contributed by atoms with Gasteiger partial charge in [-0.2, -0.15) is 0 Å². The molecule has 0 amide bonds.